The molecule has 112 valence electrons. The van der Waals surface area contributed by atoms with Gasteiger partial charge in [0.25, 0.3) is 0 Å². The molecule has 0 aromatic carbocycles. The molecule has 1 saturated carbocycles. The number of hydrogen-bond acceptors (Lipinski definition) is 3. The van der Waals surface area contributed by atoms with Crippen LogP contribution >= 0.6 is 12.4 Å². The van der Waals surface area contributed by atoms with Crippen LogP contribution in [-0.4, -0.2) is 37.7 Å². The molecule has 2 fully saturated rings. The Morgan fingerprint density at radius 2 is 2.11 bits per heavy atom. The first-order valence-electron chi connectivity index (χ1n) is 7.24. The average molecular weight is 291 g/mol. The standard InChI is InChI=1S/C14H26N2O2.ClH/c1-4-14(5-2)11(9-12(14)18-3)16-13(17)10-7-6-8-15-10;/h10-12,15H,4-9H2,1-3H3,(H,16,17);1H. The van der Waals surface area contributed by atoms with Gasteiger partial charge in [0.2, 0.25) is 5.91 Å². The Morgan fingerprint density at radius 3 is 2.58 bits per heavy atom. The fourth-order valence-corrected chi connectivity index (χ4v) is 3.66. The molecule has 1 aliphatic heterocycles. The second-order valence-electron chi connectivity index (χ2n) is 5.61. The number of rotatable bonds is 5. The lowest BCUT2D eigenvalue weighted by atomic mass is 9.58. The lowest BCUT2D eigenvalue weighted by molar-refractivity contribution is -0.142. The van der Waals surface area contributed by atoms with Gasteiger partial charge in [-0.3, -0.25) is 4.79 Å². The molecular formula is C14H27ClN2O2. The van der Waals surface area contributed by atoms with E-state index < -0.39 is 0 Å². The van der Waals surface area contributed by atoms with Crippen molar-refractivity contribution in [2.75, 3.05) is 13.7 Å². The molecule has 1 heterocycles. The van der Waals surface area contributed by atoms with Crippen LogP contribution in [0.4, 0.5) is 0 Å². The number of hydrogen-bond donors (Lipinski definition) is 2. The van der Waals surface area contributed by atoms with Crippen LogP contribution in [0.15, 0.2) is 0 Å². The molecule has 19 heavy (non-hydrogen) atoms. The first-order chi connectivity index (χ1) is 8.67. The highest BCUT2D eigenvalue weighted by molar-refractivity contribution is 5.85. The van der Waals surface area contributed by atoms with Gasteiger partial charge in [-0.2, -0.15) is 0 Å². The van der Waals surface area contributed by atoms with E-state index in [-0.39, 0.29) is 35.8 Å². The molecular weight excluding hydrogens is 264 g/mol. The molecule has 3 atom stereocenters. The van der Waals surface area contributed by atoms with E-state index in [1.54, 1.807) is 7.11 Å². The summed E-state index contributed by atoms with van der Waals surface area (Å²) in [5, 5.41) is 6.49. The van der Waals surface area contributed by atoms with Crippen LogP contribution in [0.1, 0.15) is 46.0 Å². The summed E-state index contributed by atoms with van der Waals surface area (Å²) in [6.45, 7) is 5.36. The highest BCUT2D eigenvalue weighted by Crippen LogP contribution is 2.48. The van der Waals surface area contributed by atoms with Crippen molar-refractivity contribution in [2.24, 2.45) is 5.41 Å². The summed E-state index contributed by atoms with van der Waals surface area (Å²) in [6, 6.07) is 0.311. The molecule has 0 aromatic heterocycles. The number of carbonyl (C=O) groups is 1. The third-order valence-corrected chi connectivity index (χ3v) is 5.08. The maximum absolute atomic E-state index is 12.1. The molecule has 1 aliphatic carbocycles. The largest absolute Gasteiger partial charge is 0.381 e. The van der Waals surface area contributed by atoms with E-state index >= 15 is 0 Å². The van der Waals surface area contributed by atoms with Crippen LogP contribution in [0.3, 0.4) is 0 Å². The van der Waals surface area contributed by atoms with E-state index in [0.717, 1.165) is 38.6 Å². The maximum Gasteiger partial charge on any atom is 0.237 e. The van der Waals surface area contributed by atoms with Gasteiger partial charge < -0.3 is 15.4 Å². The zero-order chi connectivity index (χ0) is 13.2. The lowest BCUT2D eigenvalue weighted by Crippen LogP contribution is -2.65. The highest BCUT2D eigenvalue weighted by Gasteiger charge is 2.53. The highest BCUT2D eigenvalue weighted by atomic mass is 35.5. The minimum atomic E-state index is 0. The Kier molecular flexibility index (Phi) is 6.09. The van der Waals surface area contributed by atoms with E-state index in [0.29, 0.717) is 6.10 Å². The molecule has 5 heteroatoms. The molecule has 1 saturated heterocycles. The van der Waals surface area contributed by atoms with Crippen LogP contribution in [0.5, 0.6) is 0 Å². The van der Waals surface area contributed by atoms with Gasteiger partial charge in [0.05, 0.1) is 12.1 Å². The number of amides is 1. The van der Waals surface area contributed by atoms with Gasteiger partial charge in [-0.25, -0.2) is 0 Å². The van der Waals surface area contributed by atoms with E-state index in [9.17, 15) is 4.79 Å². The van der Waals surface area contributed by atoms with Gasteiger partial charge in [-0.05, 0) is 38.6 Å². The van der Waals surface area contributed by atoms with E-state index in [2.05, 4.69) is 24.5 Å². The van der Waals surface area contributed by atoms with Gasteiger partial charge in [-0.15, -0.1) is 12.4 Å². The average Bonchev–Trinajstić information content (AvgIpc) is 2.89. The van der Waals surface area contributed by atoms with Crippen molar-refractivity contribution >= 4 is 18.3 Å². The van der Waals surface area contributed by atoms with E-state index in [4.69, 9.17) is 4.74 Å². The van der Waals surface area contributed by atoms with Crippen molar-refractivity contribution in [3.8, 4) is 0 Å². The Bertz CT molecular complexity index is 302. The second kappa shape index (κ2) is 6.91. The Labute approximate surface area is 122 Å². The first-order valence-corrected chi connectivity index (χ1v) is 7.24. The molecule has 2 rings (SSSR count). The topological polar surface area (TPSA) is 50.4 Å². The van der Waals surface area contributed by atoms with Crippen LogP contribution in [0, 0.1) is 5.41 Å². The zero-order valence-electron chi connectivity index (χ0n) is 12.2. The van der Waals surface area contributed by atoms with Crippen LogP contribution in [0.25, 0.3) is 0 Å². The lowest BCUT2D eigenvalue weighted by Gasteiger charge is -2.55. The molecule has 2 N–H and O–H groups in total. The fourth-order valence-electron chi connectivity index (χ4n) is 3.66. The molecule has 3 unspecified atom stereocenters. The third-order valence-electron chi connectivity index (χ3n) is 5.08. The Morgan fingerprint density at radius 1 is 1.42 bits per heavy atom. The van der Waals surface area contributed by atoms with Crippen LogP contribution in [-0.2, 0) is 9.53 Å². The zero-order valence-corrected chi connectivity index (χ0v) is 13.0. The van der Waals surface area contributed by atoms with Crippen molar-refractivity contribution in [3.63, 3.8) is 0 Å². The van der Waals surface area contributed by atoms with Crippen molar-refractivity contribution in [1.82, 2.24) is 10.6 Å². The summed E-state index contributed by atoms with van der Waals surface area (Å²) >= 11 is 0. The first kappa shape index (κ1) is 16.7. The maximum atomic E-state index is 12.1. The minimum absolute atomic E-state index is 0. The summed E-state index contributed by atoms with van der Waals surface area (Å²) in [4.78, 5) is 12.1. The summed E-state index contributed by atoms with van der Waals surface area (Å²) in [5.74, 6) is 0.179. The van der Waals surface area contributed by atoms with Crippen molar-refractivity contribution in [3.05, 3.63) is 0 Å². The van der Waals surface area contributed by atoms with E-state index in [1.807, 2.05) is 0 Å². The van der Waals surface area contributed by atoms with Crippen LogP contribution in [0.2, 0.25) is 0 Å². The molecule has 0 radical (unpaired) electrons. The number of halogens is 1. The number of methoxy groups -OCH3 is 1. The smallest absolute Gasteiger partial charge is 0.237 e. The van der Waals surface area contributed by atoms with Gasteiger partial charge >= 0.3 is 0 Å². The van der Waals surface area contributed by atoms with E-state index in [1.165, 1.54) is 0 Å². The molecule has 2 aliphatic rings. The molecule has 0 spiro atoms. The molecule has 4 nitrogen and oxygen atoms in total. The number of carbonyl (C=O) groups excluding carboxylic acids is 1. The Balaban J connectivity index is 0.00000180. The predicted molar refractivity (Wildman–Crippen MR) is 78.6 cm³/mol. The summed E-state index contributed by atoms with van der Waals surface area (Å²) in [5.41, 5.74) is 0.142. The van der Waals surface area contributed by atoms with Crippen LogP contribution < -0.4 is 10.6 Å². The van der Waals surface area contributed by atoms with Gasteiger partial charge in [0.1, 0.15) is 0 Å². The minimum Gasteiger partial charge on any atom is -0.381 e. The van der Waals surface area contributed by atoms with Gasteiger partial charge in [0, 0.05) is 18.6 Å². The Hall–Kier alpha value is -0.320. The fraction of sp³-hybridized carbons (Fsp3) is 0.929. The summed E-state index contributed by atoms with van der Waals surface area (Å²) in [7, 11) is 1.78. The molecule has 0 aromatic rings. The molecule has 1 amide bonds. The third kappa shape index (κ3) is 2.91. The summed E-state index contributed by atoms with van der Waals surface area (Å²) < 4.78 is 5.55. The van der Waals surface area contributed by atoms with Crippen molar-refractivity contribution in [1.29, 1.82) is 0 Å². The summed E-state index contributed by atoms with van der Waals surface area (Å²) in [6.07, 6.45) is 5.45. The number of nitrogens with one attached hydrogen (secondary N) is 2. The SMILES string of the molecule is CCC1(CC)C(NC(=O)C2CCCN2)CC1OC.Cl. The van der Waals surface area contributed by atoms with Crippen molar-refractivity contribution in [2.45, 2.75) is 64.1 Å². The molecule has 0 bridgehead atoms. The normalized spacial score (nSPS) is 32.3. The van der Waals surface area contributed by atoms with Gasteiger partial charge in [-0.1, -0.05) is 13.8 Å². The van der Waals surface area contributed by atoms with Crippen molar-refractivity contribution < 1.29 is 9.53 Å². The predicted octanol–water partition coefficient (Wildman–Crippen LogP) is 1.87. The number of ether oxygens (including phenoxy) is 1. The van der Waals surface area contributed by atoms with Gasteiger partial charge in [0.15, 0.2) is 0 Å². The monoisotopic (exact) mass is 290 g/mol. The quantitative estimate of drug-likeness (QED) is 0.813. The second-order valence-corrected chi connectivity index (χ2v) is 5.61.